The Labute approximate surface area is 349 Å². The highest BCUT2D eigenvalue weighted by atomic mass is 35.5. The first-order valence-electron chi connectivity index (χ1n) is 17.7. The third-order valence-corrected chi connectivity index (χ3v) is 15.8. The summed E-state index contributed by atoms with van der Waals surface area (Å²) in [5.41, 5.74) is 2.17. The van der Waals surface area contributed by atoms with Crippen LogP contribution in [0.3, 0.4) is 0 Å². The summed E-state index contributed by atoms with van der Waals surface area (Å²) in [6.07, 6.45) is 4.08. The number of hydrogen-bond acceptors (Lipinski definition) is 11. The summed E-state index contributed by atoms with van der Waals surface area (Å²) in [5, 5.41) is 9.17. The average molecular weight is 893 g/mol. The lowest BCUT2D eigenvalue weighted by molar-refractivity contribution is 0.577. The summed E-state index contributed by atoms with van der Waals surface area (Å²) in [5.74, 6) is 0. The molecule has 18 heteroatoms. The highest BCUT2D eigenvalue weighted by Crippen LogP contribution is 2.29. The van der Waals surface area contributed by atoms with Crippen LogP contribution in [-0.2, 0) is 52.6 Å². The number of rotatable bonds is 14. The molecule has 0 radical (unpaired) electrons. The van der Waals surface area contributed by atoms with Crippen molar-refractivity contribution in [3.63, 3.8) is 0 Å². The van der Waals surface area contributed by atoms with Crippen molar-refractivity contribution in [1.29, 1.82) is 5.26 Å². The minimum absolute atomic E-state index is 0.0219. The molecule has 6 rings (SSSR count). The van der Waals surface area contributed by atoms with Crippen molar-refractivity contribution in [2.45, 2.75) is 56.1 Å². The fourth-order valence-corrected chi connectivity index (χ4v) is 11.7. The maximum Gasteiger partial charge on any atom is 0.240 e. The standard InChI is InChI=1S/C21H18ClN3O4S2.C20H20N2O4S2/c1-15-5-6-19(30(26,27)20-11-16(14-23)10-17(22)12-20)13-21(15)31(28,29)25-9-7-18-4-2-3-8-24-18;1-16-19(27(23,24)18-9-3-2-4-10-18)11-7-12-20(16)28(25,26)22-15-13-17-8-5-6-14-21-17/h2-6,8,10-13,25H,7,9H2,1H3;2-12,14,22H,13,15H2,1H3. The monoisotopic (exact) mass is 891 g/mol. The molecule has 6 aromatic rings. The number of nitrogens with one attached hydrogen (secondary N) is 2. The van der Waals surface area contributed by atoms with Crippen LogP contribution in [0.4, 0.5) is 0 Å². The van der Waals surface area contributed by atoms with Crippen molar-refractivity contribution < 1.29 is 33.7 Å². The average Bonchev–Trinajstić information content (AvgIpc) is 3.21. The molecule has 2 heterocycles. The maximum absolute atomic E-state index is 13.1. The first-order valence-corrected chi connectivity index (χ1v) is 24.0. The van der Waals surface area contributed by atoms with Crippen molar-refractivity contribution in [2.75, 3.05) is 13.1 Å². The van der Waals surface area contributed by atoms with E-state index in [9.17, 15) is 33.7 Å². The van der Waals surface area contributed by atoms with Crippen LogP contribution in [0, 0.1) is 25.2 Å². The second kappa shape index (κ2) is 19.2. The van der Waals surface area contributed by atoms with Crippen molar-refractivity contribution in [3.05, 3.63) is 167 Å². The van der Waals surface area contributed by atoms with Gasteiger partial charge < -0.3 is 0 Å². The zero-order valence-electron chi connectivity index (χ0n) is 31.6. The van der Waals surface area contributed by atoms with Gasteiger partial charge in [0.15, 0.2) is 0 Å². The molecular weight excluding hydrogens is 854 g/mol. The molecule has 2 aromatic heterocycles. The number of nitrogens with zero attached hydrogens (tertiary/aromatic N) is 3. The molecular formula is C41H38ClN5O8S4. The molecule has 0 amide bonds. The van der Waals surface area contributed by atoms with Crippen LogP contribution in [0.25, 0.3) is 0 Å². The fourth-order valence-electron chi connectivity index (χ4n) is 5.73. The molecule has 0 saturated carbocycles. The van der Waals surface area contributed by atoms with Crippen molar-refractivity contribution in [2.24, 2.45) is 0 Å². The number of benzene rings is 4. The quantitative estimate of drug-likeness (QED) is 0.129. The Balaban J connectivity index is 0.000000225. The largest absolute Gasteiger partial charge is 0.261 e. The lowest BCUT2D eigenvalue weighted by atomic mass is 10.2. The molecule has 59 heavy (non-hydrogen) atoms. The van der Waals surface area contributed by atoms with Crippen molar-refractivity contribution in [1.82, 2.24) is 19.4 Å². The van der Waals surface area contributed by atoms with Crippen molar-refractivity contribution >= 4 is 51.3 Å². The molecule has 0 unspecified atom stereocenters. The molecule has 2 N–H and O–H groups in total. The Bertz CT molecular complexity index is 2930. The van der Waals surface area contributed by atoms with E-state index >= 15 is 0 Å². The zero-order chi connectivity index (χ0) is 42.8. The summed E-state index contributed by atoms with van der Waals surface area (Å²) in [4.78, 5) is 7.80. The second-order valence-electron chi connectivity index (χ2n) is 12.9. The normalized spacial score (nSPS) is 11.9. The van der Waals surface area contributed by atoms with E-state index in [0.717, 1.165) is 17.5 Å². The van der Waals surface area contributed by atoms with E-state index in [1.165, 1.54) is 67.6 Å². The Hall–Kier alpha value is -5.32. The van der Waals surface area contributed by atoms with Gasteiger partial charge in [-0.15, -0.1) is 0 Å². The van der Waals surface area contributed by atoms with E-state index in [4.69, 9.17) is 16.9 Å². The maximum atomic E-state index is 13.1. The van der Waals surface area contributed by atoms with Crippen LogP contribution in [0.5, 0.6) is 0 Å². The SMILES string of the molecule is Cc1c(S(=O)(=O)NCCc2ccccn2)cccc1S(=O)(=O)c1ccccc1.Cc1ccc(S(=O)(=O)c2cc(Cl)cc(C#N)c2)cc1S(=O)(=O)NCCc1ccccn1. The summed E-state index contributed by atoms with van der Waals surface area (Å²) in [6.45, 7) is 3.35. The third-order valence-electron chi connectivity index (χ3n) is 8.74. The molecule has 0 atom stereocenters. The van der Waals surface area contributed by atoms with Crippen LogP contribution < -0.4 is 9.44 Å². The summed E-state index contributed by atoms with van der Waals surface area (Å²) in [6, 6.07) is 32.5. The number of halogens is 1. The van der Waals surface area contributed by atoms with E-state index in [0.29, 0.717) is 18.4 Å². The molecule has 0 aliphatic rings. The van der Waals surface area contributed by atoms with Gasteiger partial charge in [-0.3, -0.25) is 9.97 Å². The summed E-state index contributed by atoms with van der Waals surface area (Å²) < 4.78 is 108. The molecule has 0 saturated heterocycles. The topological polar surface area (TPSA) is 210 Å². The predicted molar refractivity (Wildman–Crippen MR) is 222 cm³/mol. The lowest BCUT2D eigenvalue weighted by Crippen LogP contribution is -2.27. The van der Waals surface area contributed by atoms with Gasteiger partial charge in [0.1, 0.15) is 0 Å². The van der Waals surface area contributed by atoms with E-state index in [1.807, 2.05) is 24.3 Å². The smallest absolute Gasteiger partial charge is 0.240 e. The first-order chi connectivity index (χ1) is 28.0. The van der Waals surface area contributed by atoms with E-state index in [-0.39, 0.29) is 58.6 Å². The molecule has 13 nitrogen and oxygen atoms in total. The van der Waals surface area contributed by atoms with E-state index in [2.05, 4.69) is 19.4 Å². The van der Waals surface area contributed by atoms with Gasteiger partial charge >= 0.3 is 0 Å². The minimum Gasteiger partial charge on any atom is -0.261 e. The summed E-state index contributed by atoms with van der Waals surface area (Å²) in [7, 11) is -15.7. The molecule has 0 aliphatic heterocycles. The number of aryl methyl sites for hydroxylation is 1. The van der Waals surface area contributed by atoms with Crippen LogP contribution in [0.15, 0.2) is 163 Å². The highest BCUT2D eigenvalue weighted by molar-refractivity contribution is 7.92. The van der Waals surface area contributed by atoms with E-state index < -0.39 is 39.7 Å². The molecule has 0 bridgehead atoms. The van der Waals surface area contributed by atoms with Gasteiger partial charge in [-0.05, 0) is 104 Å². The van der Waals surface area contributed by atoms with Gasteiger partial charge in [-0.2, -0.15) is 5.26 Å². The number of pyridine rings is 2. The minimum atomic E-state index is -4.09. The molecule has 0 aliphatic carbocycles. The number of nitriles is 1. The lowest BCUT2D eigenvalue weighted by Gasteiger charge is -2.13. The van der Waals surface area contributed by atoms with Crippen LogP contribution in [0.1, 0.15) is 28.1 Å². The number of sulfone groups is 2. The first kappa shape index (κ1) is 44.8. The van der Waals surface area contributed by atoms with Gasteiger partial charge in [-0.25, -0.2) is 43.1 Å². The van der Waals surface area contributed by atoms with Gasteiger partial charge in [0, 0.05) is 54.7 Å². The zero-order valence-corrected chi connectivity index (χ0v) is 35.7. The Morgan fingerprint density at radius 2 is 1.12 bits per heavy atom. The fraction of sp³-hybridized carbons (Fsp3) is 0.146. The van der Waals surface area contributed by atoms with Gasteiger partial charge in [0.05, 0.1) is 41.0 Å². The van der Waals surface area contributed by atoms with Crippen LogP contribution in [0.2, 0.25) is 5.02 Å². The summed E-state index contributed by atoms with van der Waals surface area (Å²) >= 11 is 5.93. The molecule has 306 valence electrons. The second-order valence-corrected chi connectivity index (χ2v) is 20.6. The van der Waals surface area contributed by atoms with Crippen LogP contribution >= 0.6 is 11.6 Å². The van der Waals surface area contributed by atoms with Gasteiger partial charge in [0.25, 0.3) is 0 Å². The Morgan fingerprint density at radius 1 is 0.559 bits per heavy atom. The number of hydrogen-bond donors (Lipinski definition) is 2. The molecule has 4 aromatic carbocycles. The number of sulfonamides is 2. The van der Waals surface area contributed by atoms with Gasteiger partial charge in [0.2, 0.25) is 39.7 Å². The Kier molecular flexibility index (Phi) is 14.5. The molecule has 0 spiro atoms. The van der Waals surface area contributed by atoms with Crippen molar-refractivity contribution in [3.8, 4) is 6.07 Å². The molecule has 0 fully saturated rings. The van der Waals surface area contributed by atoms with E-state index in [1.54, 1.807) is 55.7 Å². The Morgan fingerprint density at radius 3 is 1.68 bits per heavy atom. The predicted octanol–water partition coefficient (Wildman–Crippen LogP) is 6.01. The number of aromatic nitrogens is 2. The van der Waals surface area contributed by atoms with Gasteiger partial charge in [-0.1, -0.05) is 54.1 Å². The highest BCUT2D eigenvalue weighted by Gasteiger charge is 2.26. The third kappa shape index (κ3) is 11.2. The van der Waals surface area contributed by atoms with Crippen LogP contribution in [-0.4, -0.2) is 56.7 Å².